The summed E-state index contributed by atoms with van der Waals surface area (Å²) in [6, 6.07) is 8.90. The molecule has 186 valence electrons. The Bertz CT molecular complexity index is 1380. The fourth-order valence-electron chi connectivity index (χ4n) is 4.23. The van der Waals surface area contributed by atoms with Gasteiger partial charge in [-0.1, -0.05) is 20.3 Å². The van der Waals surface area contributed by atoms with Gasteiger partial charge in [0.1, 0.15) is 29.2 Å². The van der Waals surface area contributed by atoms with Gasteiger partial charge in [0.05, 0.1) is 24.5 Å². The monoisotopic (exact) mass is 488 g/mol. The third-order valence-corrected chi connectivity index (χ3v) is 6.04. The van der Waals surface area contributed by atoms with Crippen LogP contribution in [0.2, 0.25) is 0 Å². The highest BCUT2D eigenvalue weighted by atomic mass is 19.1. The number of nitrogens with one attached hydrogen (secondary N) is 1. The summed E-state index contributed by atoms with van der Waals surface area (Å²) in [5, 5.41) is 3.38. The van der Waals surface area contributed by atoms with E-state index in [1.54, 1.807) is 0 Å². The summed E-state index contributed by atoms with van der Waals surface area (Å²) in [6.07, 6.45) is 6.33. The molecule has 9 heteroatoms. The number of anilines is 3. The first-order valence-electron chi connectivity index (χ1n) is 12.2. The average molecular weight is 489 g/mol. The molecule has 8 nitrogen and oxygen atoms in total. The lowest BCUT2D eigenvalue weighted by molar-refractivity contribution is 0.273. The number of aryl methyl sites for hydroxylation is 1. The topological polar surface area (TPSA) is 85.3 Å². The summed E-state index contributed by atoms with van der Waals surface area (Å²) in [5.74, 6) is 3.11. The van der Waals surface area contributed by atoms with Crippen LogP contribution in [0, 0.1) is 18.7 Å². The van der Waals surface area contributed by atoms with Crippen LogP contribution < -0.4 is 19.7 Å². The molecule has 0 amide bonds. The van der Waals surface area contributed by atoms with Gasteiger partial charge in [-0.25, -0.2) is 19.3 Å². The van der Waals surface area contributed by atoms with Gasteiger partial charge in [-0.15, -0.1) is 0 Å². The van der Waals surface area contributed by atoms with E-state index in [2.05, 4.69) is 39.0 Å². The van der Waals surface area contributed by atoms with Crippen LogP contribution in [0.15, 0.2) is 49.1 Å². The molecule has 1 aliphatic rings. The van der Waals surface area contributed by atoms with Crippen molar-refractivity contribution in [3.05, 3.63) is 60.4 Å². The van der Waals surface area contributed by atoms with E-state index in [1.165, 1.54) is 18.6 Å². The van der Waals surface area contributed by atoms with Crippen LogP contribution in [-0.2, 0) is 0 Å². The first kappa shape index (κ1) is 23.7. The van der Waals surface area contributed by atoms with Crippen molar-refractivity contribution in [3.8, 4) is 17.2 Å². The average Bonchev–Trinajstić information content (AvgIpc) is 3.01. The summed E-state index contributed by atoms with van der Waals surface area (Å²) in [4.78, 5) is 20.1. The second kappa shape index (κ2) is 10.3. The van der Waals surface area contributed by atoms with Crippen molar-refractivity contribution >= 4 is 28.4 Å². The molecule has 36 heavy (non-hydrogen) atoms. The summed E-state index contributed by atoms with van der Waals surface area (Å²) in [7, 11) is 0. The minimum atomic E-state index is -0.447. The summed E-state index contributed by atoms with van der Waals surface area (Å²) in [5.41, 5.74) is 3.09. The maximum absolute atomic E-state index is 13.5. The highest BCUT2D eigenvalue weighted by Crippen LogP contribution is 2.35. The minimum absolute atomic E-state index is 0.342. The number of ether oxygens (including phenoxy) is 2. The van der Waals surface area contributed by atoms with Gasteiger partial charge in [0.25, 0.3) is 0 Å². The van der Waals surface area contributed by atoms with Crippen LogP contribution in [0.1, 0.15) is 32.3 Å². The molecular formula is C27H29FN6O2. The number of pyridine rings is 2. The van der Waals surface area contributed by atoms with Crippen LogP contribution in [-0.4, -0.2) is 39.6 Å². The number of rotatable bonds is 7. The molecule has 0 aliphatic carbocycles. The smallest absolute Gasteiger partial charge is 0.172 e. The van der Waals surface area contributed by atoms with Gasteiger partial charge in [-0.2, -0.15) is 0 Å². The van der Waals surface area contributed by atoms with Crippen LogP contribution in [0.3, 0.4) is 0 Å². The molecule has 0 saturated carbocycles. The highest BCUT2D eigenvalue weighted by Gasteiger charge is 2.23. The Labute approximate surface area is 209 Å². The number of hydrogen-bond acceptors (Lipinski definition) is 8. The fraction of sp³-hybridized carbons (Fsp3) is 0.333. The lowest BCUT2D eigenvalue weighted by atomic mass is 10.2. The molecule has 0 bridgehead atoms. The van der Waals surface area contributed by atoms with Crippen molar-refractivity contribution in [1.82, 2.24) is 19.9 Å². The maximum atomic E-state index is 13.5. The Morgan fingerprint density at radius 2 is 2.08 bits per heavy atom. The van der Waals surface area contributed by atoms with Gasteiger partial charge >= 0.3 is 0 Å². The standard InChI is InChI=1S/C27H29FN6O2/c1-4-5-8-34-14-17(2)15-35-24-11-22-25(33-27(24)34)26(31-16-30-22)32-20-6-7-23(18(3)9-20)36-21-10-19(28)12-29-13-21/h6-7,9-13,16-17H,4-5,8,14-15H2,1-3H3,(H,30,31,32). The molecule has 1 aromatic carbocycles. The fourth-order valence-corrected chi connectivity index (χ4v) is 4.23. The largest absolute Gasteiger partial charge is 0.489 e. The molecule has 0 saturated heterocycles. The number of nitrogens with zero attached hydrogens (tertiary/aromatic N) is 5. The second-order valence-corrected chi connectivity index (χ2v) is 9.16. The number of benzene rings is 1. The van der Waals surface area contributed by atoms with E-state index >= 15 is 0 Å². The molecule has 3 aromatic heterocycles. The van der Waals surface area contributed by atoms with E-state index in [9.17, 15) is 4.39 Å². The van der Waals surface area contributed by atoms with E-state index in [0.29, 0.717) is 40.9 Å². The van der Waals surface area contributed by atoms with E-state index < -0.39 is 5.82 Å². The third-order valence-electron chi connectivity index (χ3n) is 6.04. The van der Waals surface area contributed by atoms with E-state index in [0.717, 1.165) is 54.9 Å². The Morgan fingerprint density at radius 1 is 1.19 bits per heavy atom. The Morgan fingerprint density at radius 3 is 2.89 bits per heavy atom. The lowest BCUT2D eigenvalue weighted by Gasteiger charge is -2.24. The predicted molar refractivity (Wildman–Crippen MR) is 138 cm³/mol. The molecular weight excluding hydrogens is 459 g/mol. The molecule has 0 spiro atoms. The quantitative estimate of drug-likeness (QED) is 0.337. The SMILES string of the molecule is CCCCN1CC(C)COc2cc3ncnc(Nc4ccc(Oc5cncc(F)c5)c(C)c4)c3nc21. The molecule has 0 fully saturated rings. The molecule has 5 rings (SSSR count). The molecule has 4 aromatic rings. The first-order valence-corrected chi connectivity index (χ1v) is 12.2. The summed E-state index contributed by atoms with van der Waals surface area (Å²) >= 11 is 0. The van der Waals surface area contributed by atoms with E-state index in [4.69, 9.17) is 14.5 Å². The van der Waals surface area contributed by atoms with Crippen molar-refractivity contribution in [2.45, 2.75) is 33.6 Å². The molecule has 4 heterocycles. The number of hydrogen-bond donors (Lipinski definition) is 1. The third kappa shape index (κ3) is 5.15. The molecule has 1 N–H and O–H groups in total. The Balaban J connectivity index is 1.44. The normalized spacial score (nSPS) is 15.2. The molecule has 1 aliphatic heterocycles. The maximum Gasteiger partial charge on any atom is 0.172 e. The van der Waals surface area contributed by atoms with Gasteiger partial charge in [0.2, 0.25) is 0 Å². The number of aromatic nitrogens is 4. The van der Waals surface area contributed by atoms with Crippen LogP contribution in [0.25, 0.3) is 11.0 Å². The molecule has 0 radical (unpaired) electrons. The number of unbranched alkanes of at least 4 members (excludes halogenated alkanes) is 1. The van der Waals surface area contributed by atoms with E-state index in [1.807, 2.05) is 31.2 Å². The number of fused-ring (bicyclic) bond motifs is 2. The van der Waals surface area contributed by atoms with Gasteiger partial charge in [0.15, 0.2) is 17.4 Å². The van der Waals surface area contributed by atoms with Crippen LogP contribution >= 0.6 is 0 Å². The van der Waals surface area contributed by atoms with Crippen LogP contribution in [0.4, 0.5) is 21.7 Å². The van der Waals surface area contributed by atoms with Crippen molar-refractivity contribution < 1.29 is 13.9 Å². The zero-order valence-electron chi connectivity index (χ0n) is 20.7. The van der Waals surface area contributed by atoms with Gasteiger partial charge in [-0.05, 0) is 37.1 Å². The van der Waals surface area contributed by atoms with E-state index in [-0.39, 0.29) is 0 Å². The molecule has 1 unspecified atom stereocenters. The van der Waals surface area contributed by atoms with Crippen molar-refractivity contribution in [3.63, 3.8) is 0 Å². The van der Waals surface area contributed by atoms with Gasteiger partial charge in [0, 0.05) is 36.8 Å². The summed E-state index contributed by atoms with van der Waals surface area (Å²) in [6.45, 7) is 8.77. The van der Waals surface area contributed by atoms with Crippen molar-refractivity contribution in [2.75, 3.05) is 29.9 Å². The predicted octanol–water partition coefficient (Wildman–Crippen LogP) is 6.04. The minimum Gasteiger partial charge on any atom is -0.489 e. The molecule has 1 atom stereocenters. The first-order chi connectivity index (χ1) is 17.5. The highest BCUT2D eigenvalue weighted by molar-refractivity contribution is 5.90. The lowest BCUT2D eigenvalue weighted by Crippen LogP contribution is -2.30. The Kier molecular flexibility index (Phi) is 6.79. The zero-order chi connectivity index (χ0) is 25.1. The Hall–Kier alpha value is -4.01. The van der Waals surface area contributed by atoms with Crippen molar-refractivity contribution in [1.29, 1.82) is 0 Å². The zero-order valence-corrected chi connectivity index (χ0v) is 20.7. The number of halogens is 1. The van der Waals surface area contributed by atoms with Gasteiger partial charge in [-0.3, -0.25) is 4.98 Å². The second-order valence-electron chi connectivity index (χ2n) is 9.16. The van der Waals surface area contributed by atoms with Crippen molar-refractivity contribution in [2.24, 2.45) is 5.92 Å². The van der Waals surface area contributed by atoms with Gasteiger partial charge < -0.3 is 19.7 Å². The van der Waals surface area contributed by atoms with Crippen LogP contribution in [0.5, 0.6) is 17.2 Å². The summed E-state index contributed by atoms with van der Waals surface area (Å²) < 4.78 is 25.4.